The van der Waals surface area contributed by atoms with Crippen LogP contribution in [0.2, 0.25) is 0 Å². The second-order valence-electron chi connectivity index (χ2n) is 10.5. The van der Waals surface area contributed by atoms with Gasteiger partial charge in [-0.15, -0.1) is 14.8 Å². The van der Waals surface area contributed by atoms with Crippen LogP contribution < -0.4 is 23.2 Å². The van der Waals surface area contributed by atoms with Crippen molar-refractivity contribution in [3.8, 4) is 45.1 Å². The van der Waals surface area contributed by atoms with E-state index in [9.17, 15) is 5.11 Å². The summed E-state index contributed by atoms with van der Waals surface area (Å²) in [6.07, 6.45) is 0. The van der Waals surface area contributed by atoms with Crippen LogP contribution in [0.1, 0.15) is 16.7 Å². The molecular weight excluding hydrogens is 562 g/mol. The molecule has 0 bridgehead atoms. The molecule has 0 atom stereocenters. The first kappa shape index (κ1) is 29.9. The monoisotopic (exact) mass is 591 g/mol. The van der Waals surface area contributed by atoms with Crippen LogP contribution in [0.4, 0.5) is 0 Å². The van der Waals surface area contributed by atoms with Crippen LogP contribution in [0.25, 0.3) is 50.1 Å². The van der Waals surface area contributed by atoms with Crippen LogP contribution in [-0.4, -0.2) is 5.11 Å². The maximum absolute atomic E-state index is 11.4. The van der Waals surface area contributed by atoms with Gasteiger partial charge in [0.25, 0.3) is 5.69 Å². The first-order valence-corrected chi connectivity index (χ1v) is 14.9. The van der Waals surface area contributed by atoms with Gasteiger partial charge < -0.3 is 5.11 Å². The maximum atomic E-state index is 11.4. The molecule has 0 radical (unpaired) electrons. The lowest BCUT2D eigenvalue weighted by Crippen LogP contribution is -2.68. The van der Waals surface area contributed by atoms with Gasteiger partial charge in [-0.3, -0.25) is 0 Å². The third-order valence-electron chi connectivity index (χ3n) is 7.25. The lowest BCUT2D eigenvalue weighted by atomic mass is 9.96. The van der Waals surface area contributed by atoms with Crippen molar-refractivity contribution in [3.63, 3.8) is 0 Å². The largest absolute Gasteiger partial charge is 0.502 e. The lowest BCUT2D eigenvalue weighted by Gasteiger charge is -2.17. The highest BCUT2D eigenvalue weighted by Crippen LogP contribution is 2.35. The van der Waals surface area contributed by atoms with Crippen molar-refractivity contribution in [3.05, 3.63) is 138 Å². The molecule has 43 heavy (non-hydrogen) atoms. The van der Waals surface area contributed by atoms with E-state index in [1.165, 1.54) is 16.7 Å². The lowest BCUT2D eigenvalue weighted by molar-refractivity contribution is -2.00. The Morgan fingerprint density at radius 2 is 0.930 bits per heavy atom. The van der Waals surface area contributed by atoms with Crippen molar-refractivity contribution in [2.45, 2.75) is 20.8 Å². The van der Waals surface area contributed by atoms with Crippen molar-refractivity contribution in [1.29, 1.82) is 0 Å². The molecule has 6 nitrogen and oxygen atoms in total. The fourth-order valence-electron chi connectivity index (χ4n) is 5.10. The molecule has 216 valence electrons. The Morgan fingerprint density at radius 1 is 0.512 bits per heavy atom. The molecule has 0 aliphatic carbocycles. The molecule has 0 saturated heterocycles. The zero-order valence-corrected chi connectivity index (χ0v) is 24.7. The third-order valence-corrected chi connectivity index (χ3v) is 7.25. The number of aromatic nitrogens is 1. The van der Waals surface area contributed by atoms with Crippen molar-refractivity contribution < 1.29 is 38.6 Å². The van der Waals surface area contributed by atoms with Crippen molar-refractivity contribution in [2.24, 2.45) is 0 Å². The molecule has 0 spiro atoms. The number of phenolic OH excluding ortho intramolecular Hbond substituents is 1. The molecule has 1 heterocycles. The summed E-state index contributed by atoms with van der Waals surface area (Å²) in [6.45, 7) is 6.32. The highest BCUT2D eigenvalue weighted by atomic mass is 35.7. The minimum atomic E-state index is -4.94. The van der Waals surface area contributed by atoms with Crippen LogP contribution in [0.3, 0.4) is 0 Å². The molecule has 0 aliphatic rings. The number of phenols is 1. The van der Waals surface area contributed by atoms with Crippen LogP contribution >= 0.6 is 0 Å². The second-order valence-corrected chi connectivity index (χ2v) is 11.2. The molecule has 0 saturated carbocycles. The summed E-state index contributed by atoms with van der Waals surface area (Å²) in [4.78, 5) is 0. The van der Waals surface area contributed by atoms with E-state index in [0.717, 1.165) is 50.1 Å². The predicted molar refractivity (Wildman–Crippen MR) is 158 cm³/mol. The fraction of sp³-hybridized carbons (Fsp3) is 0.0833. The van der Waals surface area contributed by atoms with Crippen molar-refractivity contribution in [1.82, 2.24) is 0 Å². The zero-order chi connectivity index (χ0) is 30.7. The second kappa shape index (κ2) is 12.4. The van der Waals surface area contributed by atoms with E-state index in [4.69, 9.17) is 18.6 Å². The molecule has 7 heteroatoms. The highest BCUT2D eigenvalue weighted by Gasteiger charge is 2.29. The summed E-state index contributed by atoms with van der Waals surface area (Å²) in [6, 6.07) is 42.5. The van der Waals surface area contributed by atoms with Gasteiger partial charge in [0.15, 0.2) is 5.75 Å². The van der Waals surface area contributed by atoms with Gasteiger partial charge in [-0.1, -0.05) is 89.5 Å². The number of hydrogen-bond donors (Lipinski definition) is 1. The molecule has 0 unspecified atom stereocenters. The molecule has 0 fully saturated rings. The van der Waals surface area contributed by atoms with Crippen LogP contribution in [0.5, 0.6) is 5.75 Å². The van der Waals surface area contributed by atoms with E-state index in [0.29, 0.717) is 0 Å². The number of rotatable bonds is 4. The van der Waals surface area contributed by atoms with Gasteiger partial charge in [-0.05, 0) is 73.7 Å². The van der Waals surface area contributed by atoms with Gasteiger partial charge in [-0.2, -0.15) is 0 Å². The van der Waals surface area contributed by atoms with Crippen molar-refractivity contribution in [2.75, 3.05) is 0 Å². The molecule has 1 aromatic heterocycles. The molecule has 6 aromatic rings. The van der Waals surface area contributed by atoms with Gasteiger partial charge >= 0.3 is 0 Å². The summed E-state index contributed by atoms with van der Waals surface area (Å²) in [7, 11) is -4.94. The molecule has 6 rings (SSSR count). The topological polar surface area (TPSA) is 116 Å². The van der Waals surface area contributed by atoms with Crippen LogP contribution in [0, 0.1) is 31.0 Å². The van der Waals surface area contributed by atoms with E-state index in [-0.39, 0.29) is 5.75 Å². The summed E-state index contributed by atoms with van der Waals surface area (Å²) in [5.41, 5.74) is 10.9. The Kier molecular flexibility index (Phi) is 8.59. The van der Waals surface area contributed by atoms with Gasteiger partial charge in [0.2, 0.25) is 11.4 Å². The first-order valence-electron chi connectivity index (χ1n) is 13.6. The van der Waals surface area contributed by atoms with E-state index in [1.807, 2.05) is 18.2 Å². The summed E-state index contributed by atoms with van der Waals surface area (Å²) in [5, 5.41) is 13.5. The SMILES string of the molecule is Cc1ccc(-c2cc(-c3ccc(C)cc3)[n+](-c3c(O)ccc4ccccc34)c(-c3ccc(C)cc3)c2)cc1.[O-][Cl+3]([O-])([O-])[O-]. The Morgan fingerprint density at radius 3 is 1.40 bits per heavy atom. The zero-order valence-electron chi connectivity index (χ0n) is 24.0. The molecule has 0 aliphatic heterocycles. The third kappa shape index (κ3) is 7.09. The smallest absolute Gasteiger partial charge is 0.261 e. The Labute approximate surface area is 252 Å². The standard InChI is InChI=1S/C36H29NO.ClHO4/c1-24-8-14-27(15-9-24)31-22-33(29-16-10-25(2)11-17-29)37(34(23-31)30-18-12-26(3)13-19-30)36-32-7-5-4-6-28(32)20-21-35(36)38;2-1(3,4)5/h4-23H,1-3H3;(H,2,3,4,5). The van der Waals surface area contributed by atoms with E-state index < -0.39 is 10.2 Å². The Bertz CT molecular complexity index is 1810. The number of nitrogens with zero attached hydrogens (tertiary/aromatic N) is 1. The molecule has 5 aromatic carbocycles. The molecule has 1 N–H and O–H groups in total. The summed E-state index contributed by atoms with van der Waals surface area (Å²) >= 11 is 0. The molecule has 0 amide bonds. The first-order chi connectivity index (χ1) is 20.5. The number of halogens is 1. The van der Waals surface area contributed by atoms with E-state index >= 15 is 0 Å². The highest BCUT2D eigenvalue weighted by molar-refractivity contribution is 5.91. The Balaban J connectivity index is 0.000000682. The van der Waals surface area contributed by atoms with Gasteiger partial charge in [-0.25, -0.2) is 18.6 Å². The van der Waals surface area contributed by atoms with E-state index in [1.54, 1.807) is 6.07 Å². The van der Waals surface area contributed by atoms with Crippen LogP contribution in [0.15, 0.2) is 121 Å². The molecular formula is C36H30ClNO5. The number of fused-ring (bicyclic) bond motifs is 1. The maximum Gasteiger partial charge on any atom is 0.261 e. The summed E-state index contributed by atoms with van der Waals surface area (Å²) in [5.74, 6) is 0.249. The minimum absolute atomic E-state index is 0.249. The van der Waals surface area contributed by atoms with Crippen molar-refractivity contribution >= 4 is 10.8 Å². The fourth-order valence-corrected chi connectivity index (χ4v) is 5.10. The quantitative estimate of drug-likeness (QED) is 0.311. The van der Waals surface area contributed by atoms with E-state index in [2.05, 4.69) is 122 Å². The van der Waals surface area contributed by atoms with Gasteiger partial charge in [0.1, 0.15) is 0 Å². The van der Waals surface area contributed by atoms with Gasteiger partial charge in [0.05, 0.1) is 5.39 Å². The number of aromatic hydroxyl groups is 1. The average Bonchev–Trinajstić information content (AvgIpc) is 2.97. The summed E-state index contributed by atoms with van der Waals surface area (Å²) < 4.78 is 36.2. The number of pyridine rings is 1. The normalized spacial score (nSPS) is 11.2. The number of benzene rings is 5. The number of aryl methyl sites for hydroxylation is 3. The van der Waals surface area contributed by atoms with Crippen LogP contribution in [-0.2, 0) is 0 Å². The van der Waals surface area contributed by atoms with Gasteiger partial charge in [0, 0.05) is 23.3 Å². The predicted octanol–water partition coefficient (Wildman–Crippen LogP) is 3.99. The number of hydrogen-bond acceptors (Lipinski definition) is 5. The average molecular weight is 592 g/mol. The minimum Gasteiger partial charge on any atom is -0.502 e. The Hall–Kier alpha value is -4.56.